The highest BCUT2D eigenvalue weighted by molar-refractivity contribution is 5.27. The molecule has 0 saturated heterocycles. The molecule has 0 saturated carbocycles. The largest absolute Gasteiger partial charge is 0.292 e. The van der Waals surface area contributed by atoms with E-state index in [1.807, 2.05) is 47.5 Å². The van der Waals surface area contributed by atoms with E-state index in [1.165, 1.54) is 5.56 Å². The van der Waals surface area contributed by atoms with Crippen LogP contribution in [0.2, 0.25) is 0 Å². The summed E-state index contributed by atoms with van der Waals surface area (Å²) in [5.41, 5.74) is 2.32. The summed E-state index contributed by atoms with van der Waals surface area (Å²) in [5, 5.41) is 4.27. The second-order valence-electron chi connectivity index (χ2n) is 5.32. The van der Waals surface area contributed by atoms with Gasteiger partial charge in [0.1, 0.15) is 0 Å². The van der Waals surface area contributed by atoms with Gasteiger partial charge in [-0.3, -0.25) is 14.6 Å². The van der Waals surface area contributed by atoms with Crippen molar-refractivity contribution in [3.8, 4) is 0 Å². The summed E-state index contributed by atoms with van der Waals surface area (Å²) in [6.07, 6.45) is 5.66. The zero-order chi connectivity index (χ0) is 15.2. The third-order valence-electron chi connectivity index (χ3n) is 3.77. The molecule has 0 amide bonds. The van der Waals surface area contributed by atoms with Crippen LogP contribution >= 0.6 is 0 Å². The van der Waals surface area contributed by atoms with Crippen molar-refractivity contribution in [2.45, 2.75) is 12.6 Å². The molecule has 0 radical (unpaired) electrons. The monoisotopic (exact) mass is 292 g/mol. The molecule has 0 aliphatic carbocycles. The van der Waals surface area contributed by atoms with E-state index >= 15 is 0 Å². The van der Waals surface area contributed by atoms with E-state index in [4.69, 9.17) is 0 Å². The van der Waals surface area contributed by atoms with Crippen molar-refractivity contribution in [2.24, 2.45) is 0 Å². The maximum absolute atomic E-state index is 4.56. The van der Waals surface area contributed by atoms with E-state index in [1.54, 1.807) is 0 Å². The molecule has 0 aliphatic heterocycles. The Morgan fingerprint density at radius 3 is 2.50 bits per heavy atom. The first-order valence-electron chi connectivity index (χ1n) is 7.48. The first kappa shape index (κ1) is 14.5. The molecule has 0 aliphatic rings. The molecular formula is C18H20N4. The summed E-state index contributed by atoms with van der Waals surface area (Å²) < 4.78 is 1.96. The molecule has 4 nitrogen and oxygen atoms in total. The molecule has 1 atom stereocenters. The minimum absolute atomic E-state index is 0.151. The summed E-state index contributed by atoms with van der Waals surface area (Å²) in [6, 6.07) is 18.7. The Morgan fingerprint density at radius 1 is 1.00 bits per heavy atom. The van der Waals surface area contributed by atoms with Gasteiger partial charge in [0.2, 0.25) is 0 Å². The molecule has 2 aromatic heterocycles. The fourth-order valence-electron chi connectivity index (χ4n) is 2.65. The van der Waals surface area contributed by atoms with Crippen LogP contribution in [0.15, 0.2) is 73.2 Å². The van der Waals surface area contributed by atoms with Crippen molar-refractivity contribution in [3.05, 3.63) is 84.4 Å². The highest BCUT2D eigenvalue weighted by Crippen LogP contribution is 2.25. The van der Waals surface area contributed by atoms with Gasteiger partial charge < -0.3 is 0 Å². The highest BCUT2D eigenvalue weighted by atomic mass is 15.3. The van der Waals surface area contributed by atoms with Crippen LogP contribution in [0.25, 0.3) is 0 Å². The van der Waals surface area contributed by atoms with Crippen LogP contribution in [0.1, 0.15) is 17.3 Å². The number of hydrogen-bond donors (Lipinski definition) is 0. The Hall–Kier alpha value is -2.46. The highest BCUT2D eigenvalue weighted by Gasteiger charge is 2.20. The zero-order valence-electron chi connectivity index (χ0n) is 12.7. The van der Waals surface area contributed by atoms with E-state index in [2.05, 4.69) is 52.4 Å². The normalized spacial score (nSPS) is 12.5. The molecule has 0 fully saturated rings. The maximum Gasteiger partial charge on any atom is 0.0774 e. The Labute approximate surface area is 131 Å². The first-order chi connectivity index (χ1) is 10.8. The van der Waals surface area contributed by atoms with Gasteiger partial charge in [-0.1, -0.05) is 36.4 Å². The second kappa shape index (κ2) is 7.00. The molecule has 2 heterocycles. The topological polar surface area (TPSA) is 34.0 Å². The van der Waals surface area contributed by atoms with Gasteiger partial charge >= 0.3 is 0 Å². The van der Waals surface area contributed by atoms with Crippen LogP contribution in [0.4, 0.5) is 0 Å². The molecule has 112 valence electrons. The molecule has 1 unspecified atom stereocenters. The third-order valence-corrected chi connectivity index (χ3v) is 3.77. The molecule has 0 N–H and O–H groups in total. The summed E-state index contributed by atoms with van der Waals surface area (Å²) in [6.45, 7) is 1.76. The number of pyridine rings is 1. The number of aromatic nitrogens is 3. The van der Waals surface area contributed by atoms with Crippen LogP contribution in [-0.4, -0.2) is 33.3 Å². The van der Waals surface area contributed by atoms with Crippen LogP contribution < -0.4 is 0 Å². The minimum Gasteiger partial charge on any atom is -0.292 e. The van der Waals surface area contributed by atoms with Crippen molar-refractivity contribution < 1.29 is 0 Å². The number of hydrogen-bond acceptors (Lipinski definition) is 3. The molecular weight excluding hydrogens is 272 g/mol. The lowest BCUT2D eigenvalue weighted by atomic mass is 10.0. The SMILES string of the molecule is CN(CCn1cccn1)C(c1ccccc1)c1ccccn1. The molecule has 22 heavy (non-hydrogen) atoms. The van der Waals surface area contributed by atoms with Crippen LogP contribution in [-0.2, 0) is 6.54 Å². The summed E-state index contributed by atoms with van der Waals surface area (Å²) in [4.78, 5) is 6.88. The summed E-state index contributed by atoms with van der Waals surface area (Å²) >= 11 is 0. The zero-order valence-corrected chi connectivity index (χ0v) is 12.7. The first-order valence-corrected chi connectivity index (χ1v) is 7.48. The van der Waals surface area contributed by atoms with Crippen molar-refractivity contribution in [2.75, 3.05) is 13.6 Å². The molecule has 0 spiro atoms. The predicted molar refractivity (Wildman–Crippen MR) is 87.4 cm³/mol. The molecule has 0 bridgehead atoms. The van der Waals surface area contributed by atoms with Gasteiger partial charge in [0.25, 0.3) is 0 Å². The van der Waals surface area contributed by atoms with Crippen molar-refractivity contribution in [3.63, 3.8) is 0 Å². The maximum atomic E-state index is 4.56. The Balaban J connectivity index is 1.82. The predicted octanol–water partition coefficient (Wildman–Crippen LogP) is 3.00. The summed E-state index contributed by atoms with van der Waals surface area (Å²) in [5.74, 6) is 0. The van der Waals surface area contributed by atoms with Gasteiger partial charge in [-0.15, -0.1) is 0 Å². The van der Waals surface area contributed by atoms with E-state index in [9.17, 15) is 0 Å². The quantitative estimate of drug-likeness (QED) is 0.700. The average molecular weight is 292 g/mol. The van der Waals surface area contributed by atoms with Gasteiger partial charge in [0.05, 0.1) is 18.3 Å². The molecule has 3 rings (SSSR count). The van der Waals surface area contributed by atoms with Crippen LogP contribution in [0.5, 0.6) is 0 Å². The van der Waals surface area contributed by atoms with Gasteiger partial charge in [0, 0.05) is 25.1 Å². The van der Waals surface area contributed by atoms with Gasteiger partial charge in [-0.05, 0) is 30.8 Å². The lowest BCUT2D eigenvalue weighted by molar-refractivity contribution is 0.259. The minimum atomic E-state index is 0.151. The second-order valence-corrected chi connectivity index (χ2v) is 5.32. The number of likely N-dealkylation sites (N-methyl/N-ethyl adjacent to an activating group) is 1. The smallest absolute Gasteiger partial charge is 0.0774 e. The molecule has 4 heteroatoms. The fraction of sp³-hybridized carbons (Fsp3) is 0.222. The standard InChI is InChI=1S/C18H20N4/c1-21(14-15-22-13-7-12-20-22)18(16-8-3-2-4-9-16)17-10-5-6-11-19-17/h2-13,18H,14-15H2,1H3. The van der Waals surface area contributed by atoms with E-state index < -0.39 is 0 Å². The Bertz CT molecular complexity index is 625. The molecule has 3 aromatic rings. The van der Waals surface area contributed by atoms with Crippen LogP contribution in [0.3, 0.4) is 0 Å². The van der Waals surface area contributed by atoms with Gasteiger partial charge in [0.15, 0.2) is 0 Å². The fourth-order valence-corrected chi connectivity index (χ4v) is 2.65. The number of rotatable bonds is 6. The Morgan fingerprint density at radius 2 is 1.82 bits per heavy atom. The van der Waals surface area contributed by atoms with Crippen LogP contribution in [0, 0.1) is 0 Å². The lowest BCUT2D eigenvalue weighted by Crippen LogP contribution is -2.29. The van der Waals surface area contributed by atoms with Crippen molar-refractivity contribution in [1.82, 2.24) is 19.7 Å². The van der Waals surface area contributed by atoms with Crippen molar-refractivity contribution >= 4 is 0 Å². The van der Waals surface area contributed by atoms with E-state index in [0.29, 0.717) is 0 Å². The lowest BCUT2D eigenvalue weighted by Gasteiger charge is -2.28. The average Bonchev–Trinajstić information content (AvgIpc) is 3.09. The van der Waals surface area contributed by atoms with E-state index in [0.717, 1.165) is 18.8 Å². The Kier molecular flexibility index (Phi) is 4.61. The number of nitrogens with zero attached hydrogens (tertiary/aromatic N) is 4. The van der Waals surface area contributed by atoms with Crippen molar-refractivity contribution in [1.29, 1.82) is 0 Å². The number of benzene rings is 1. The van der Waals surface area contributed by atoms with E-state index in [-0.39, 0.29) is 6.04 Å². The third kappa shape index (κ3) is 3.40. The van der Waals surface area contributed by atoms with Gasteiger partial charge in [-0.25, -0.2) is 0 Å². The molecule has 1 aromatic carbocycles. The van der Waals surface area contributed by atoms with Gasteiger partial charge in [-0.2, -0.15) is 5.10 Å². The summed E-state index contributed by atoms with van der Waals surface area (Å²) in [7, 11) is 2.13.